The van der Waals surface area contributed by atoms with E-state index in [1.54, 1.807) is 35.4 Å². The number of amidine groups is 1. The lowest BCUT2D eigenvalue weighted by atomic mass is 10.1. The summed E-state index contributed by atoms with van der Waals surface area (Å²) < 4.78 is 14.0. The van der Waals surface area contributed by atoms with Crippen molar-refractivity contribution in [2.75, 3.05) is 0 Å². The van der Waals surface area contributed by atoms with Crippen molar-refractivity contribution in [3.05, 3.63) is 46.7 Å². The van der Waals surface area contributed by atoms with Crippen molar-refractivity contribution in [3.63, 3.8) is 0 Å². The molecule has 0 radical (unpaired) electrons. The molecule has 0 aliphatic heterocycles. The van der Waals surface area contributed by atoms with E-state index in [-0.39, 0.29) is 11.7 Å². The van der Waals surface area contributed by atoms with Crippen LogP contribution < -0.4 is 5.73 Å². The molecule has 0 saturated carbocycles. The lowest BCUT2D eigenvalue weighted by Crippen LogP contribution is -2.13. The minimum atomic E-state index is -0.377. The summed E-state index contributed by atoms with van der Waals surface area (Å²) in [7, 11) is 0. The number of nitrogen functional groups attached to an aromatic ring is 1. The van der Waals surface area contributed by atoms with Gasteiger partial charge in [-0.25, -0.2) is 9.37 Å². The molecule has 0 unspecified atom stereocenters. The van der Waals surface area contributed by atoms with Crippen molar-refractivity contribution in [2.45, 2.75) is 10.1 Å². The lowest BCUT2D eigenvalue weighted by Gasteiger charge is -2.07. The van der Waals surface area contributed by atoms with Gasteiger partial charge in [0.15, 0.2) is 0 Å². The van der Waals surface area contributed by atoms with Crippen LogP contribution in [0, 0.1) is 11.2 Å². The van der Waals surface area contributed by atoms with Gasteiger partial charge in [-0.2, -0.15) is 0 Å². The Balaban J connectivity index is 2.17. The molecule has 1 heterocycles. The molecule has 0 spiro atoms. The Bertz CT molecular complexity index is 526. The van der Waals surface area contributed by atoms with Crippen LogP contribution in [-0.4, -0.2) is 10.8 Å². The maximum atomic E-state index is 13.1. The molecule has 0 aliphatic rings. The smallest absolute Gasteiger partial charge is 0.150 e. The largest absolute Gasteiger partial charge is 0.384 e. The maximum absolute atomic E-state index is 13.1. The number of aromatic nitrogens is 1. The van der Waals surface area contributed by atoms with E-state index < -0.39 is 0 Å². The van der Waals surface area contributed by atoms with Crippen LogP contribution in [0.25, 0.3) is 0 Å². The molecule has 1 aromatic heterocycles. The number of hydrogen-bond acceptors (Lipinski definition) is 4. The predicted molar refractivity (Wildman–Crippen MR) is 69.1 cm³/mol. The fraction of sp³-hybridized carbons (Fsp3) is 0.0909. The van der Waals surface area contributed by atoms with E-state index in [1.807, 2.05) is 5.38 Å². The first-order valence-corrected chi connectivity index (χ1v) is 6.68. The maximum Gasteiger partial charge on any atom is 0.150 e. The van der Waals surface area contributed by atoms with E-state index in [4.69, 9.17) is 11.1 Å². The van der Waals surface area contributed by atoms with Crippen LogP contribution in [0.3, 0.4) is 0 Å². The summed E-state index contributed by atoms with van der Waals surface area (Å²) in [5, 5.41) is 9.32. The third-order valence-corrected chi connectivity index (χ3v) is 4.14. The summed E-state index contributed by atoms with van der Waals surface area (Å²) in [5.41, 5.74) is 6.73. The Hall–Kier alpha value is -1.40. The number of thioether (sulfide) groups is 1. The molecule has 0 atom stereocenters. The zero-order valence-corrected chi connectivity index (χ0v) is 10.4. The van der Waals surface area contributed by atoms with Gasteiger partial charge in [-0.05, 0) is 17.7 Å². The lowest BCUT2D eigenvalue weighted by molar-refractivity contribution is 0.627. The molecule has 1 aromatic carbocycles. The fourth-order valence-electron chi connectivity index (χ4n) is 1.35. The molecule has 3 N–H and O–H groups in total. The van der Waals surface area contributed by atoms with Crippen LogP contribution in [0.15, 0.2) is 34.1 Å². The third kappa shape index (κ3) is 3.04. The topological polar surface area (TPSA) is 62.8 Å². The van der Waals surface area contributed by atoms with Crippen LogP contribution in [0.1, 0.15) is 11.1 Å². The minimum absolute atomic E-state index is 0.112. The number of rotatable bonds is 4. The van der Waals surface area contributed by atoms with Crippen LogP contribution in [0.5, 0.6) is 0 Å². The Morgan fingerprint density at radius 2 is 2.35 bits per heavy atom. The summed E-state index contributed by atoms with van der Waals surface area (Å²) in [6, 6.07) is 4.33. The molecule has 0 aliphatic carbocycles. The number of nitrogens with one attached hydrogen (secondary N) is 1. The van der Waals surface area contributed by atoms with Crippen molar-refractivity contribution < 1.29 is 4.39 Å². The highest BCUT2D eigenvalue weighted by molar-refractivity contribution is 8.00. The van der Waals surface area contributed by atoms with Gasteiger partial charge in [0.05, 0.1) is 0 Å². The van der Waals surface area contributed by atoms with Gasteiger partial charge in [0.25, 0.3) is 0 Å². The molecular formula is C11H10FN3S2. The second kappa shape index (κ2) is 5.29. The second-order valence-electron chi connectivity index (χ2n) is 3.30. The van der Waals surface area contributed by atoms with Gasteiger partial charge in [-0.15, -0.1) is 11.3 Å². The number of nitrogens with zero attached hydrogens (tertiary/aromatic N) is 1. The monoisotopic (exact) mass is 267 g/mol. The molecule has 0 bridgehead atoms. The van der Waals surface area contributed by atoms with E-state index in [0.717, 1.165) is 9.90 Å². The summed E-state index contributed by atoms with van der Waals surface area (Å²) >= 11 is 3.10. The van der Waals surface area contributed by atoms with E-state index in [9.17, 15) is 4.39 Å². The number of nitrogens with two attached hydrogens (primary N) is 1. The normalized spacial score (nSPS) is 10.4. The van der Waals surface area contributed by atoms with Crippen molar-refractivity contribution in [1.29, 1.82) is 5.41 Å². The first-order valence-electron chi connectivity index (χ1n) is 4.82. The van der Waals surface area contributed by atoms with Crippen LogP contribution in [-0.2, 0) is 5.75 Å². The van der Waals surface area contributed by atoms with Gasteiger partial charge in [0.1, 0.15) is 16.0 Å². The molecule has 3 nitrogen and oxygen atoms in total. The molecule has 0 saturated heterocycles. The Kier molecular flexibility index (Phi) is 3.75. The first-order chi connectivity index (χ1) is 8.16. The minimum Gasteiger partial charge on any atom is -0.384 e. The highest BCUT2D eigenvalue weighted by Gasteiger charge is 2.08. The molecular weight excluding hydrogens is 257 g/mol. The van der Waals surface area contributed by atoms with Crippen LogP contribution >= 0.6 is 23.1 Å². The SMILES string of the molecule is N=C(N)c1cc(F)ccc1CSc1nccs1. The number of thiazole rings is 1. The molecule has 0 amide bonds. The average molecular weight is 267 g/mol. The van der Waals surface area contributed by atoms with Crippen molar-refractivity contribution in [3.8, 4) is 0 Å². The summed E-state index contributed by atoms with van der Waals surface area (Å²) in [6.07, 6.45) is 1.74. The van der Waals surface area contributed by atoms with Gasteiger partial charge in [-0.1, -0.05) is 17.8 Å². The van der Waals surface area contributed by atoms with Gasteiger partial charge >= 0.3 is 0 Å². The molecule has 88 valence electrons. The van der Waals surface area contributed by atoms with Crippen LogP contribution in [0.4, 0.5) is 4.39 Å². The first kappa shape index (κ1) is 12.1. The molecule has 6 heteroatoms. The fourth-order valence-corrected chi connectivity index (χ4v) is 2.99. The average Bonchev–Trinajstić information content (AvgIpc) is 2.80. The highest BCUT2D eigenvalue weighted by atomic mass is 32.2. The Morgan fingerprint density at radius 3 is 3.00 bits per heavy atom. The standard InChI is InChI=1S/C11H10FN3S2/c12-8-2-1-7(9(5-8)10(13)14)6-17-11-15-3-4-16-11/h1-5H,6H2,(H3,13,14). The van der Waals surface area contributed by atoms with Crippen molar-refractivity contribution in [2.24, 2.45) is 5.73 Å². The summed E-state index contributed by atoms with van der Waals surface area (Å²) in [5.74, 6) is 0.139. The molecule has 2 aromatic rings. The van der Waals surface area contributed by atoms with Gasteiger partial charge < -0.3 is 5.73 Å². The van der Waals surface area contributed by atoms with Crippen molar-refractivity contribution in [1.82, 2.24) is 4.98 Å². The Morgan fingerprint density at radius 1 is 1.53 bits per heavy atom. The zero-order valence-electron chi connectivity index (χ0n) is 8.81. The number of hydrogen-bond donors (Lipinski definition) is 2. The second-order valence-corrected chi connectivity index (χ2v) is 5.42. The predicted octanol–water partition coefficient (Wildman–Crippen LogP) is 2.86. The quantitative estimate of drug-likeness (QED) is 0.508. The summed E-state index contributed by atoms with van der Waals surface area (Å²) in [4.78, 5) is 4.15. The number of benzene rings is 1. The van der Waals surface area contributed by atoms with Crippen LogP contribution in [0.2, 0.25) is 0 Å². The van der Waals surface area contributed by atoms with E-state index in [1.165, 1.54) is 12.1 Å². The number of halogens is 1. The molecule has 0 fully saturated rings. The Labute approximate surface area is 106 Å². The molecule has 2 rings (SSSR count). The zero-order chi connectivity index (χ0) is 12.3. The van der Waals surface area contributed by atoms with E-state index in [2.05, 4.69) is 4.98 Å². The third-order valence-electron chi connectivity index (χ3n) is 2.12. The van der Waals surface area contributed by atoms with E-state index >= 15 is 0 Å². The van der Waals surface area contributed by atoms with Crippen molar-refractivity contribution >= 4 is 28.9 Å². The van der Waals surface area contributed by atoms with Gasteiger partial charge in [0, 0.05) is 22.9 Å². The summed E-state index contributed by atoms with van der Waals surface area (Å²) in [6.45, 7) is 0. The van der Waals surface area contributed by atoms with Gasteiger partial charge in [0.2, 0.25) is 0 Å². The van der Waals surface area contributed by atoms with E-state index in [0.29, 0.717) is 11.3 Å². The van der Waals surface area contributed by atoms with Gasteiger partial charge in [-0.3, -0.25) is 5.41 Å². The molecule has 17 heavy (non-hydrogen) atoms. The highest BCUT2D eigenvalue weighted by Crippen LogP contribution is 2.26.